The van der Waals surface area contributed by atoms with E-state index in [9.17, 15) is 0 Å². The van der Waals surface area contributed by atoms with Crippen LogP contribution in [0.15, 0.2) is 29.3 Å². The molecular weight excluding hydrogens is 352 g/mol. The molecule has 0 bridgehead atoms. The van der Waals surface area contributed by atoms with Crippen molar-refractivity contribution in [3.63, 3.8) is 0 Å². The van der Waals surface area contributed by atoms with Gasteiger partial charge in [0.15, 0.2) is 5.96 Å². The lowest BCUT2D eigenvalue weighted by molar-refractivity contribution is 0.0342. The number of hydrogen-bond acceptors (Lipinski definition) is 4. The van der Waals surface area contributed by atoms with Gasteiger partial charge in [0.05, 0.1) is 19.8 Å². The van der Waals surface area contributed by atoms with Crippen LogP contribution in [0.1, 0.15) is 38.3 Å². The van der Waals surface area contributed by atoms with Crippen molar-refractivity contribution in [2.75, 3.05) is 52.6 Å². The average Bonchev–Trinajstić information content (AvgIpc) is 2.70. The van der Waals surface area contributed by atoms with Crippen LogP contribution in [0.5, 0.6) is 0 Å². The van der Waals surface area contributed by atoms with Gasteiger partial charge in [0.25, 0.3) is 0 Å². The van der Waals surface area contributed by atoms with Crippen molar-refractivity contribution in [3.8, 4) is 0 Å². The summed E-state index contributed by atoms with van der Waals surface area (Å²) in [5, 5.41) is 6.69. The second-order valence-corrected chi connectivity index (χ2v) is 7.65. The van der Waals surface area contributed by atoms with Crippen LogP contribution in [-0.4, -0.2) is 63.5 Å². The molecule has 158 valence electrons. The molecule has 2 rings (SSSR count). The molecule has 0 saturated carbocycles. The summed E-state index contributed by atoms with van der Waals surface area (Å²) in [6.45, 7) is 15.2. The summed E-state index contributed by atoms with van der Waals surface area (Å²) in [5.74, 6) is 1.45. The molecule has 6 nitrogen and oxygen atoms in total. The van der Waals surface area contributed by atoms with E-state index in [1.807, 2.05) is 0 Å². The molecule has 0 unspecified atom stereocenters. The van der Waals surface area contributed by atoms with Gasteiger partial charge in [-0.25, -0.2) is 4.99 Å². The Balaban J connectivity index is 1.73. The smallest absolute Gasteiger partial charge is 0.191 e. The van der Waals surface area contributed by atoms with E-state index in [0.717, 1.165) is 71.5 Å². The fraction of sp³-hybridized carbons (Fsp3) is 0.682. The first kappa shape index (κ1) is 22.7. The molecule has 0 radical (unpaired) electrons. The van der Waals surface area contributed by atoms with Gasteiger partial charge in [0.2, 0.25) is 0 Å². The van der Waals surface area contributed by atoms with Gasteiger partial charge in [-0.05, 0) is 30.4 Å². The molecule has 1 aliphatic heterocycles. The summed E-state index contributed by atoms with van der Waals surface area (Å²) < 4.78 is 11.0. The minimum absolute atomic E-state index is 0.590. The fourth-order valence-corrected chi connectivity index (χ4v) is 2.98. The molecule has 1 aromatic rings. The molecule has 0 aromatic heterocycles. The number of morpholine rings is 1. The van der Waals surface area contributed by atoms with E-state index in [2.05, 4.69) is 60.6 Å². The first-order valence-corrected chi connectivity index (χ1v) is 10.6. The Morgan fingerprint density at radius 1 is 1.14 bits per heavy atom. The molecule has 28 heavy (non-hydrogen) atoms. The number of nitrogens with zero attached hydrogens (tertiary/aromatic N) is 2. The number of ether oxygens (including phenoxy) is 2. The maximum absolute atomic E-state index is 5.62. The van der Waals surface area contributed by atoms with Gasteiger partial charge < -0.3 is 20.1 Å². The summed E-state index contributed by atoms with van der Waals surface area (Å²) in [6, 6.07) is 8.80. The van der Waals surface area contributed by atoms with E-state index in [1.54, 1.807) is 0 Å². The minimum Gasteiger partial charge on any atom is -0.381 e. The summed E-state index contributed by atoms with van der Waals surface area (Å²) >= 11 is 0. The number of hydrogen-bond donors (Lipinski definition) is 2. The van der Waals surface area contributed by atoms with Gasteiger partial charge in [-0.15, -0.1) is 0 Å². The van der Waals surface area contributed by atoms with Crippen molar-refractivity contribution in [1.82, 2.24) is 15.5 Å². The highest BCUT2D eigenvalue weighted by Crippen LogP contribution is 2.10. The standard InChI is InChI=1S/C22H38N4O2/c1-4-23-22(24-10-5-13-28-18-19(2)3)25-16-20-6-8-21(9-7-20)17-26-11-14-27-15-12-26/h6-9,19H,4-5,10-18H2,1-3H3,(H2,23,24,25). The Morgan fingerprint density at radius 2 is 1.86 bits per heavy atom. The van der Waals surface area contributed by atoms with Gasteiger partial charge in [0, 0.05) is 45.9 Å². The largest absolute Gasteiger partial charge is 0.381 e. The van der Waals surface area contributed by atoms with Crippen molar-refractivity contribution < 1.29 is 9.47 Å². The van der Waals surface area contributed by atoms with Gasteiger partial charge in [-0.1, -0.05) is 38.1 Å². The van der Waals surface area contributed by atoms with Crippen molar-refractivity contribution in [2.24, 2.45) is 10.9 Å². The predicted octanol–water partition coefficient (Wildman–Crippen LogP) is 2.64. The molecule has 0 amide bonds. The van der Waals surface area contributed by atoms with Crippen LogP contribution in [0.4, 0.5) is 0 Å². The van der Waals surface area contributed by atoms with Gasteiger partial charge >= 0.3 is 0 Å². The summed E-state index contributed by atoms with van der Waals surface area (Å²) in [5.41, 5.74) is 2.57. The lowest BCUT2D eigenvalue weighted by Crippen LogP contribution is -2.38. The third-order valence-electron chi connectivity index (χ3n) is 4.51. The van der Waals surface area contributed by atoms with Crippen LogP contribution in [0.3, 0.4) is 0 Å². The number of rotatable bonds is 11. The van der Waals surface area contributed by atoms with E-state index in [1.165, 1.54) is 11.1 Å². The topological polar surface area (TPSA) is 58.1 Å². The van der Waals surface area contributed by atoms with E-state index < -0.39 is 0 Å². The highest BCUT2D eigenvalue weighted by molar-refractivity contribution is 5.79. The monoisotopic (exact) mass is 390 g/mol. The first-order chi connectivity index (χ1) is 13.7. The molecule has 0 aliphatic carbocycles. The summed E-state index contributed by atoms with van der Waals surface area (Å²) in [6.07, 6.45) is 0.980. The minimum atomic E-state index is 0.590. The molecule has 0 spiro atoms. The Morgan fingerprint density at radius 3 is 2.54 bits per heavy atom. The van der Waals surface area contributed by atoms with Crippen LogP contribution in [0.2, 0.25) is 0 Å². The molecule has 1 fully saturated rings. The van der Waals surface area contributed by atoms with Crippen LogP contribution < -0.4 is 10.6 Å². The SMILES string of the molecule is CCNC(=NCc1ccc(CN2CCOCC2)cc1)NCCCOCC(C)C. The number of nitrogens with one attached hydrogen (secondary N) is 2. The van der Waals surface area contributed by atoms with Crippen molar-refractivity contribution in [2.45, 2.75) is 40.3 Å². The molecule has 1 aliphatic rings. The van der Waals surface area contributed by atoms with Crippen LogP contribution in [-0.2, 0) is 22.6 Å². The number of aliphatic imine (C=N–C) groups is 1. The van der Waals surface area contributed by atoms with Gasteiger partial charge in [0.1, 0.15) is 0 Å². The van der Waals surface area contributed by atoms with Crippen molar-refractivity contribution in [3.05, 3.63) is 35.4 Å². The predicted molar refractivity (Wildman–Crippen MR) is 116 cm³/mol. The second kappa shape index (κ2) is 13.5. The molecule has 2 N–H and O–H groups in total. The maximum Gasteiger partial charge on any atom is 0.191 e. The van der Waals surface area contributed by atoms with Crippen LogP contribution in [0.25, 0.3) is 0 Å². The first-order valence-electron chi connectivity index (χ1n) is 10.6. The highest BCUT2D eigenvalue weighted by atomic mass is 16.5. The lowest BCUT2D eigenvalue weighted by Gasteiger charge is -2.26. The van der Waals surface area contributed by atoms with E-state index >= 15 is 0 Å². The molecular formula is C22H38N4O2. The van der Waals surface area contributed by atoms with Crippen molar-refractivity contribution in [1.29, 1.82) is 0 Å². The normalized spacial score (nSPS) is 15.8. The Kier molecular flexibility index (Phi) is 10.9. The number of benzene rings is 1. The Hall–Kier alpha value is -1.63. The van der Waals surface area contributed by atoms with E-state index in [4.69, 9.17) is 14.5 Å². The quantitative estimate of drug-likeness (QED) is 0.346. The third kappa shape index (κ3) is 9.53. The fourth-order valence-electron chi connectivity index (χ4n) is 2.98. The third-order valence-corrected chi connectivity index (χ3v) is 4.51. The van der Waals surface area contributed by atoms with Crippen LogP contribution >= 0.6 is 0 Å². The maximum atomic E-state index is 5.62. The highest BCUT2D eigenvalue weighted by Gasteiger charge is 2.10. The summed E-state index contributed by atoms with van der Waals surface area (Å²) in [4.78, 5) is 7.14. The Bertz CT molecular complexity index is 554. The molecule has 0 atom stereocenters. The van der Waals surface area contributed by atoms with Crippen molar-refractivity contribution >= 4 is 5.96 Å². The number of guanidine groups is 1. The Labute approximate surface area is 170 Å². The molecule has 1 aromatic carbocycles. The van der Waals surface area contributed by atoms with E-state index in [-0.39, 0.29) is 0 Å². The zero-order chi connectivity index (χ0) is 20.0. The molecule has 1 saturated heterocycles. The lowest BCUT2D eigenvalue weighted by atomic mass is 10.1. The van der Waals surface area contributed by atoms with Gasteiger partial charge in [-0.3, -0.25) is 4.90 Å². The van der Waals surface area contributed by atoms with Gasteiger partial charge in [-0.2, -0.15) is 0 Å². The second-order valence-electron chi connectivity index (χ2n) is 7.65. The van der Waals surface area contributed by atoms with Crippen LogP contribution in [0, 0.1) is 5.92 Å². The zero-order valence-electron chi connectivity index (χ0n) is 17.9. The average molecular weight is 391 g/mol. The summed E-state index contributed by atoms with van der Waals surface area (Å²) in [7, 11) is 0. The van der Waals surface area contributed by atoms with E-state index in [0.29, 0.717) is 12.5 Å². The zero-order valence-corrected chi connectivity index (χ0v) is 17.9. The molecule has 1 heterocycles. The molecule has 6 heteroatoms.